The minimum Gasteiger partial charge on any atom is -0.288 e. The molecule has 7 heteroatoms. The fourth-order valence-corrected chi connectivity index (χ4v) is 2.97. The van der Waals surface area contributed by atoms with E-state index in [1.165, 1.54) is 0 Å². The van der Waals surface area contributed by atoms with Crippen molar-refractivity contribution in [2.75, 3.05) is 0 Å². The first kappa shape index (κ1) is 17.1. The lowest BCUT2D eigenvalue weighted by molar-refractivity contribution is -0.202. The van der Waals surface area contributed by atoms with Gasteiger partial charge in [-0.15, -0.1) is 0 Å². The highest BCUT2D eigenvalue weighted by atomic mass is 35.5. The molecule has 1 heterocycles. The zero-order chi connectivity index (χ0) is 16.5. The zero-order valence-corrected chi connectivity index (χ0v) is 13.1. The van der Waals surface area contributed by atoms with Crippen molar-refractivity contribution in [3.63, 3.8) is 0 Å². The summed E-state index contributed by atoms with van der Waals surface area (Å²) in [7, 11) is 0. The molecule has 0 radical (unpaired) electrons. The van der Waals surface area contributed by atoms with E-state index in [2.05, 4.69) is 5.43 Å². The number of hydrogen-bond acceptors (Lipinski definition) is 2. The number of nitrogens with zero attached hydrogens (tertiary/aromatic N) is 1. The van der Waals surface area contributed by atoms with E-state index in [0.717, 1.165) is 5.01 Å². The van der Waals surface area contributed by atoms with E-state index in [9.17, 15) is 18.0 Å². The number of hydrazine groups is 1. The molecule has 1 aromatic rings. The third-order valence-electron chi connectivity index (χ3n) is 3.82. The Labute approximate surface area is 132 Å². The molecule has 0 aromatic heterocycles. The quantitative estimate of drug-likeness (QED) is 0.910. The van der Waals surface area contributed by atoms with Crippen LogP contribution in [0.1, 0.15) is 32.3 Å². The molecule has 1 saturated heterocycles. The first-order chi connectivity index (χ1) is 10.1. The van der Waals surface area contributed by atoms with Crippen molar-refractivity contribution in [2.45, 2.75) is 50.9 Å². The molecule has 0 saturated carbocycles. The molecule has 0 bridgehead atoms. The second kappa shape index (κ2) is 6.08. The molecule has 1 N–H and O–H groups in total. The molecular formula is C15H18ClF3N2O. The van der Waals surface area contributed by atoms with Gasteiger partial charge in [0.2, 0.25) is 5.91 Å². The van der Waals surface area contributed by atoms with Crippen LogP contribution in [0, 0.1) is 0 Å². The highest BCUT2D eigenvalue weighted by Crippen LogP contribution is 2.35. The molecule has 1 atom stereocenters. The van der Waals surface area contributed by atoms with E-state index in [4.69, 9.17) is 11.6 Å². The maximum atomic E-state index is 13.4. The van der Waals surface area contributed by atoms with Gasteiger partial charge in [-0.05, 0) is 38.3 Å². The van der Waals surface area contributed by atoms with E-state index in [-0.39, 0.29) is 19.3 Å². The van der Waals surface area contributed by atoms with Gasteiger partial charge in [-0.3, -0.25) is 10.2 Å². The second-order valence-electron chi connectivity index (χ2n) is 6.08. The summed E-state index contributed by atoms with van der Waals surface area (Å²) in [5.41, 5.74) is 2.13. The van der Waals surface area contributed by atoms with E-state index in [1.807, 2.05) is 0 Å². The van der Waals surface area contributed by atoms with Crippen LogP contribution in [0.15, 0.2) is 24.3 Å². The molecule has 1 aliphatic rings. The van der Waals surface area contributed by atoms with Crippen LogP contribution < -0.4 is 5.43 Å². The number of rotatable bonds is 4. The number of amides is 1. The lowest BCUT2D eigenvalue weighted by Crippen LogP contribution is -2.56. The molecule has 22 heavy (non-hydrogen) atoms. The van der Waals surface area contributed by atoms with Gasteiger partial charge in [-0.2, -0.15) is 13.2 Å². The summed E-state index contributed by atoms with van der Waals surface area (Å²) in [6.07, 6.45) is -4.37. The second-order valence-corrected chi connectivity index (χ2v) is 6.49. The monoisotopic (exact) mass is 334 g/mol. The van der Waals surface area contributed by atoms with Crippen molar-refractivity contribution in [2.24, 2.45) is 0 Å². The summed E-state index contributed by atoms with van der Waals surface area (Å²) >= 11 is 6.00. The number of carbonyl (C=O) groups excluding carboxylic acids is 1. The van der Waals surface area contributed by atoms with Crippen molar-refractivity contribution >= 4 is 17.5 Å². The first-order valence-electron chi connectivity index (χ1n) is 7.00. The summed E-state index contributed by atoms with van der Waals surface area (Å²) in [6, 6.07) is 5.09. The Bertz CT molecular complexity index is 560. The van der Waals surface area contributed by atoms with Gasteiger partial charge in [0.25, 0.3) is 0 Å². The number of benzene rings is 1. The first-order valence-corrected chi connectivity index (χ1v) is 7.38. The van der Waals surface area contributed by atoms with E-state index in [0.29, 0.717) is 10.6 Å². The maximum absolute atomic E-state index is 13.4. The van der Waals surface area contributed by atoms with Crippen LogP contribution in [0.25, 0.3) is 0 Å². The number of carbonyl (C=O) groups is 1. The Hall–Kier alpha value is -1.27. The number of aryl methyl sites for hydroxylation is 1. The normalized spacial score (nSPS) is 20.0. The SMILES string of the molecule is CC1(C)CC(=O)NN1C(CCc1ccccc1Cl)C(F)(F)F. The average Bonchev–Trinajstić information content (AvgIpc) is 2.63. The molecule has 0 aliphatic carbocycles. The summed E-state index contributed by atoms with van der Waals surface area (Å²) in [5.74, 6) is -0.392. The van der Waals surface area contributed by atoms with Crippen LogP contribution in [0.4, 0.5) is 13.2 Å². The van der Waals surface area contributed by atoms with Crippen LogP contribution in [0.3, 0.4) is 0 Å². The Balaban J connectivity index is 2.18. The van der Waals surface area contributed by atoms with Gasteiger partial charge in [-0.25, -0.2) is 5.01 Å². The molecule has 1 aliphatic heterocycles. The highest BCUT2D eigenvalue weighted by molar-refractivity contribution is 6.31. The molecule has 1 fully saturated rings. The predicted octanol–water partition coefficient (Wildman–Crippen LogP) is 3.72. The maximum Gasteiger partial charge on any atom is 0.405 e. The topological polar surface area (TPSA) is 32.3 Å². The van der Waals surface area contributed by atoms with Crippen LogP contribution in [0.2, 0.25) is 5.02 Å². The minimum atomic E-state index is -4.43. The summed E-state index contributed by atoms with van der Waals surface area (Å²) in [5, 5.41) is 1.49. The fourth-order valence-electron chi connectivity index (χ4n) is 2.74. The van der Waals surface area contributed by atoms with Crippen molar-refractivity contribution < 1.29 is 18.0 Å². The van der Waals surface area contributed by atoms with Gasteiger partial charge in [0.1, 0.15) is 6.04 Å². The van der Waals surface area contributed by atoms with Crippen LogP contribution in [0.5, 0.6) is 0 Å². The van der Waals surface area contributed by atoms with Crippen molar-refractivity contribution in [3.05, 3.63) is 34.9 Å². The van der Waals surface area contributed by atoms with Crippen molar-refractivity contribution in [1.82, 2.24) is 10.4 Å². The summed E-state index contributed by atoms with van der Waals surface area (Å²) in [6.45, 7) is 3.25. The van der Waals surface area contributed by atoms with Gasteiger partial charge in [0.15, 0.2) is 0 Å². The molecule has 1 amide bonds. The molecular weight excluding hydrogens is 317 g/mol. The van der Waals surface area contributed by atoms with Crippen LogP contribution in [-0.2, 0) is 11.2 Å². The standard InChI is InChI=1S/C15H18ClF3N2O/c1-14(2)9-13(22)20-21(14)12(15(17,18)19)8-7-10-5-3-4-6-11(10)16/h3-6,12H,7-9H2,1-2H3,(H,20,22). The number of halogens is 4. The fraction of sp³-hybridized carbons (Fsp3) is 0.533. The largest absolute Gasteiger partial charge is 0.405 e. The molecule has 3 nitrogen and oxygen atoms in total. The smallest absolute Gasteiger partial charge is 0.288 e. The lowest BCUT2D eigenvalue weighted by atomic mass is 9.97. The lowest BCUT2D eigenvalue weighted by Gasteiger charge is -2.37. The number of nitrogens with one attached hydrogen (secondary N) is 1. The number of alkyl halides is 3. The van der Waals surface area contributed by atoms with Gasteiger partial charge in [0, 0.05) is 17.0 Å². The van der Waals surface area contributed by atoms with E-state index >= 15 is 0 Å². The third kappa shape index (κ3) is 3.73. The zero-order valence-electron chi connectivity index (χ0n) is 12.4. The molecule has 1 unspecified atom stereocenters. The molecule has 0 spiro atoms. The predicted molar refractivity (Wildman–Crippen MR) is 78.3 cm³/mol. The van der Waals surface area contributed by atoms with Crippen LogP contribution in [-0.4, -0.2) is 28.7 Å². The minimum absolute atomic E-state index is 0.0473. The van der Waals surface area contributed by atoms with Gasteiger partial charge < -0.3 is 0 Å². The molecule has 122 valence electrons. The van der Waals surface area contributed by atoms with Gasteiger partial charge in [0.05, 0.1) is 0 Å². The van der Waals surface area contributed by atoms with Crippen LogP contribution >= 0.6 is 11.6 Å². The van der Waals surface area contributed by atoms with Crippen molar-refractivity contribution in [3.8, 4) is 0 Å². The average molecular weight is 335 g/mol. The Kier molecular flexibility index (Phi) is 4.73. The van der Waals surface area contributed by atoms with Gasteiger partial charge >= 0.3 is 6.18 Å². The Morgan fingerprint density at radius 3 is 2.50 bits per heavy atom. The van der Waals surface area contributed by atoms with Gasteiger partial charge in [-0.1, -0.05) is 29.8 Å². The Morgan fingerprint density at radius 1 is 1.36 bits per heavy atom. The number of hydrogen-bond donors (Lipinski definition) is 1. The third-order valence-corrected chi connectivity index (χ3v) is 4.19. The Morgan fingerprint density at radius 2 is 2.00 bits per heavy atom. The molecule has 1 aromatic carbocycles. The molecule has 2 rings (SSSR count). The summed E-state index contributed by atoms with van der Waals surface area (Å²) < 4.78 is 40.3. The highest BCUT2D eigenvalue weighted by Gasteiger charge is 2.51. The van der Waals surface area contributed by atoms with Crippen molar-refractivity contribution in [1.29, 1.82) is 0 Å². The van der Waals surface area contributed by atoms with E-state index in [1.54, 1.807) is 38.1 Å². The summed E-state index contributed by atoms with van der Waals surface area (Å²) in [4.78, 5) is 11.5. The van der Waals surface area contributed by atoms with E-state index < -0.39 is 23.7 Å².